The van der Waals surface area contributed by atoms with Crippen LogP contribution in [0.25, 0.3) is 0 Å². The Morgan fingerprint density at radius 2 is 0.893 bits per heavy atom. The highest BCUT2D eigenvalue weighted by Crippen LogP contribution is 2.34. The van der Waals surface area contributed by atoms with Gasteiger partial charge in [0.25, 0.3) is 0 Å². The van der Waals surface area contributed by atoms with Crippen LogP contribution in [0.4, 0.5) is 0 Å². The van der Waals surface area contributed by atoms with Crippen molar-refractivity contribution < 1.29 is 28.7 Å². The van der Waals surface area contributed by atoms with Crippen LogP contribution in [0.5, 0.6) is 0 Å². The first-order valence-electron chi connectivity index (χ1n) is 19.6. The van der Waals surface area contributed by atoms with E-state index in [1.807, 2.05) is 26.4 Å². The van der Waals surface area contributed by atoms with Crippen LogP contribution in [0, 0.1) is 0 Å². The monoisotopic (exact) mass is 908 g/mol. The van der Waals surface area contributed by atoms with Crippen molar-refractivity contribution in [3.05, 3.63) is 21.2 Å². The van der Waals surface area contributed by atoms with E-state index in [1.54, 1.807) is 53.0 Å². The third-order valence-electron chi connectivity index (χ3n) is 9.03. The Balaban J connectivity index is -0.0000140. The second-order valence-corrected chi connectivity index (χ2v) is 18.3. The largest absolute Gasteiger partial charge is 0.464 e. The summed E-state index contributed by atoms with van der Waals surface area (Å²) < 4.78 is 10.8. The highest BCUT2D eigenvalue weighted by atomic mass is 35.5. The van der Waals surface area contributed by atoms with Crippen molar-refractivity contribution in [2.45, 2.75) is 142 Å². The molecule has 56 heavy (non-hydrogen) atoms. The molecule has 0 aliphatic rings. The van der Waals surface area contributed by atoms with Gasteiger partial charge in [-0.3, -0.25) is 19.2 Å². The van der Waals surface area contributed by atoms with E-state index < -0.39 is 24.0 Å². The average Bonchev–Trinajstić information content (AvgIpc) is 3.16. The van der Waals surface area contributed by atoms with E-state index in [0.29, 0.717) is 51.9 Å². The molecule has 0 fully saturated rings. The van der Waals surface area contributed by atoms with Crippen LogP contribution in [0.3, 0.4) is 0 Å². The number of carbonyl (C=O) groups excluding carboxylic acids is 4. The van der Waals surface area contributed by atoms with Gasteiger partial charge < -0.3 is 42.2 Å². The van der Waals surface area contributed by atoms with Gasteiger partial charge in [-0.15, -0.1) is 24.8 Å². The molecule has 0 aliphatic carbocycles. The third-order valence-corrected chi connectivity index (χ3v) is 13.0. The number of carbonyl (C=O) groups is 4. The molecule has 12 nitrogen and oxygen atoms in total. The number of amides is 2. The number of allylic oxidation sites excluding steroid dienone is 2. The standard InChI is InChI=1S/C38H72N6O6S4.2ClH/c1-31(35(53-51-3)21-27-49-37(47)33(41)19-13-15-23-39)43(29-45)25-17-11-9-7-5-6-8-10-12-18-26-44(30-46)32(2)36(54-52-4)22-28-50-38(48)34(42)20-14-16-24-40;;/h29-30,33-34H,5-28,39-42H2,1-4H3;2*1H/b35-31-,36-32-;;/t33-,34-;;/m0../s1. The molecule has 8 N–H and O–H groups in total. The molecule has 0 unspecified atom stereocenters. The molecule has 330 valence electrons. The van der Waals surface area contributed by atoms with Gasteiger partial charge in [0.1, 0.15) is 12.1 Å². The van der Waals surface area contributed by atoms with Crippen LogP contribution in [0.1, 0.15) is 129 Å². The van der Waals surface area contributed by atoms with Gasteiger partial charge in [-0.25, -0.2) is 0 Å². The molecule has 18 heteroatoms. The van der Waals surface area contributed by atoms with E-state index in [2.05, 4.69) is 0 Å². The van der Waals surface area contributed by atoms with E-state index in [1.165, 1.54) is 25.7 Å². The van der Waals surface area contributed by atoms with Crippen LogP contribution in [-0.4, -0.2) is 98.5 Å². The van der Waals surface area contributed by atoms with Gasteiger partial charge in [0.05, 0.1) is 13.2 Å². The fourth-order valence-electron chi connectivity index (χ4n) is 5.62. The van der Waals surface area contributed by atoms with E-state index in [4.69, 9.17) is 32.4 Å². The Bertz CT molecular complexity index is 1020. The van der Waals surface area contributed by atoms with E-state index in [9.17, 15) is 19.2 Å². The van der Waals surface area contributed by atoms with Gasteiger partial charge in [0, 0.05) is 47.1 Å². The molecule has 2 amide bonds. The second kappa shape index (κ2) is 40.9. The number of hydrogen-bond acceptors (Lipinski definition) is 14. The third kappa shape index (κ3) is 29.4. The van der Waals surface area contributed by atoms with Crippen molar-refractivity contribution >= 4 is 92.7 Å². The van der Waals surface area contributed by atoms with Crippen molar-refractivity contribution in [3.8, 4) is 0 Å². The average molecular weight is 910 g/mol. The van der Waals surface area contributed by atoms with Crippen molar-refractivity contribution in [3.63, 3.8) is 0 Å². The number of nitrogens with zero attached hydrogens (tertiary/aromatic N) is 2. The first-order valence-corrected chi connectivity index (χ1v) is 24.7. The van der Waals surface area contributed by atoms with E-state index >= 15 is 0 Å². The molecular weight excluding hydrogens is 836 g/mol. The molecular formula is C38H74Cl2N6O6S4. The molecule has 0 aromatic rings. The number of ether oxygens (including phenoxy) is 2. The molecule has 0 aliphatic heterocycles. The van der Waals surface area contributed by atoms with E-state index in [0.717, 1.165) is 98.2 Å². The lowest BCUT2D eigenvalue weighted by Crippen LogP contribution is -2.32. The first-order chi connectivity index (χ1) is 26.1. The van der Waals surface area contributed by atoms with Crippen LogP contribution < -0.4 is 22.9 Å². The quantitative estimate of drug-likeness (QED) is 0.0203. The number of nitrogens with two attached hydrogens (primary N) is 4. The van der Waals surface area contributed by atoms with Gasteiger partial charge in [0.15, 0.2) is 0 Å². The molecule has 0 spiro atoms. The first kappa shape index (κ1) is 59.5. The minimum Gasteiger partial charge on any atom is -0.464 e. The Kier molecular flexibility index (Phi) is 43.5. The van der Waals surface area contributed by atoms with Gasteiger partial charge >= 0.3 is 11.9 Å². The fraction of sp³-hybridized carbons (Fsp3) is 0.789. The van der Waals surface area contributed by atoms with Crippen molar-refractivity contribution in [2.75, 3.05) is 51.9 Å². The van der Waals surface area contributed by atoms with Gasteiger partial charge in [-0.2, -0.15) is 0 Å². The zero-order valence-electron chi connectivity index (χ0n) is 34.4. The second-order valence-electron chi connectivity index (χ2n) is 13.3. The van der Waals surface area contributed by atoms with Crippen molar-refractivity contribution in [1.82, 2.24) is 9.80 Å². The van der Waals surface area contributed by atoms with E-state index in [-0.39, 0.29) is 38.0 Å². The predicted octanol–water partition coefficient (Wildman–Crippen LogP) is 7.91. The Morgan fingerprint density at radius 1 is 0.571 bits per heavy atom. The summed E-state index contributed by atoms with van der Waals surface area (Å²) in [5.74, 6) is -0.783. The van der Waals surface area contributed by atoms with Gasteiger partial charge in [-0.05, 0) is 78.0 Å². The summed E-state index contributed by atoms with van der Waals surface area (Å²) in [6.45, 7) is 6.88. The lowest BCUT2D eigenvalue weighted by atomic mass is 10.1. The molecule has 0 aromatic heterocycles. The SMILES string of the molecule is CSS/C(CCOC(=O)[C@@H](N)CCCCN)=C(/C)N(C=O)CCCCCCCCCCCCN(C=O)/C(C)=C(/CCOC(=O)[C@@H](N)CCCCN)SSC.Cl.Cl. The number of halogens is 2. The molecule has 0 heterocycles. The summed E-state index contributed by atoms with van der Waals surface area (Å²) in [4.78, 5) is 53.9. The maximum Gasteiger partial charge on any atom is 0.322 e. The fourth-order valence-corrected chi connectivity index (χ4v) is 9.26. The highest BCUT2D eigenvalue weighted by Gasteiger charge is 2.18. The molecule has 0 saturated carbocycles. The maximum absolute atomic E-state index is 12.2. The van der Waals surface area contributed by atoms with Gasteiger partial charge in [0.2, 0.25) is 12.8 Å². The molecule has 2 atom stereocenters. The summed E-state index contributed by atoms with van der Waals surface area (Å²) >= 11 is 0. The zero-order chi connectivity index (χ0) is 40.4. The molecule has 0 aromatic carbocycles. The number of rotatable bonds is 37. The summed E-state index contributed by atoms with van der Waals surface area (Å²) in [7, 11) is 6.40. The summed E-state index contributed by atoms with van der Waals surface area (Å²) in [6, 6.07) is -1.26. The Hall–Kier alpha value is -0.820. The summed E-state index contributed by atoms with van der Waals surface area (Å²) in [5, 5.41) is 0. The summed E-state index contributed by atoms with van der Waals surface area (Å²) in [5.41, 5.74) is 24.7. The maximum atomic E-state index is 12.2. The highest BCUT2D eigenvalue weighted by molar-refractivity contribution is 8.78. The van der Waals surface area contributed by atoms with Crippen molar-refractivity contribution in [1.29, 1.82) is 0 Å². The zero-order valence-corrected chi connectivity index (χ0v) is 39.3. The predicted molar refractivity (Wildman–Crippen MR) is 247 cm³/mol. The number of hydrogen-bond donors (Lipinski definition) is 4. The Labute approximate surface area is 366 Å². The van der Waals surface area contributed by atoms with Gasteiger partial charge in [-0.1, -0.05) is 107 Å². The normalized spacial score (nSPS) is 12.9. The van der Waals surface area contributed by atoms with Crippen LogP contribution in [0.2, 0.25) is 0 Å². The number of esters is 2. The van der Waals surface area contributed by atoms with Crippen LogP contribution >= 0.6 is 68.0 Å². The van der Waals surface area contributed by atoms with Crippen LogP contribution in [-0.2, 0) is 28.7 Å². The molecule has 0 bridgehead atoms. The smallest absolute Gasteiger partial charge is 0.322 e. The lowest BCUT2D eigenvalue weighted by molar-refractivity contribution is -0.146. The molecule has 0 radical (unpaired) electrons. The lowest BCUT2D eigenvalue weighted by Gasteiger charge is -2.22. The minimum atomic E-state index is -0.632. The minimum absolute atomic E-state index is 0. The topological polar surface area (TPSA) is 197 Å². The summed E-state index contributed by atoms with van der Waals surface area (Å²) in [6.07, 6.45) is 22.3. The van der Waals surface area contributed by atoms with Crippen LogP contribution in [0.15, 0.2) is 21.2 Å². The van der Waals surface area contributed by atoms with Crippen molar-refractivity contribution in [2.24, 2.45) is 22.9 Å². The Morgan fingerprint density at radius 3 is 1.18 bits per heavy atom. The molecule has 0 saturated heterocycles. The number of unbranched alkanes of at least 4 members (excludes halogenated alkanes) is 11. The molecule has 0 rings (SSSR count).